The van der Waals surface area contributed by atoms with E-state index in [1.165, 1.54) is 4.90 Å². The SMILES string of the molecule is CC[C@@H](N)C(=O)N1CCCC(C)(C)C1C(=O)O. The van der Waals surface area contributed by atoms with Crippen LogP contribution >= 0.6 is 0 Å². The van der Waals surface area contributed by atoms with Crippen molar-refractivity contribution in [2.45, 2.75) is 52.1 Å². The van der Waals surface area contributed by atoms with Crippen LogP contribution in [0.1, 0.15) is 40.0 Å². The van der Waals surface area contributed by atoms with Gasteiger partial charge in [-0.3, -0.25) is 4.79 Å². The van der Waals surface area contributed by atoms with Crippen LogP contribution in [0.4, 0.5) is 0 Å². The molecule has 0 bridgehead atoms. The molecule has 0 aliphatic carbocycles. The molecule has 17 heavy (non-hydrogen) atoms. The molecule has 1 aliphatic heterocycles. The second-order valence-electron chi connectivity index (χ2n) is 5.38. The van der Waals surface area contributed by atoms with E-state index in [1.807, 2.05) is 20.8 Å². The molecule has 0 radical (unpaired) electrons. The first kappa shape index (κ1) is 14.0. The summed E-state index contributed by atoms with van der Waals surface area (Å²) in [4.78, 5) is 24.9. The lowest BCUT2D eigenvalue weighted by Gasteiger charge is -2.44. The van der Waals surface area contributed by atoms with Gasteiger partial charge in [-0.2, -0.15) is 0 Å². The number of piperidine rings is 1. The lowest BCUT2D eigenvalue weighted by atomic mass is 9.76. The number of aliphatic carboxylic acids is 1. The van der Waals surface area contributed by atoms with Gasteiger partial charge in [-0.25, -0.2) is 4.79 Å². The minimum atomic E-state index is -0.939. The van der Waals surface area contributed by atoms with Crippen molar-refractivity contribution in [3.8, 4) is 0 Å². The van der Waals surface area contributed by atoms with Gasteiger partial charge in [0, 0.05) is 6.54 Å². The number of carboxylic acids is 1. The fourth-order valence-electron chi connectivity index (χ4n) is 2.49. The van der Waals surface area contributed by atoms with Crippen molar-refractivity contribution in [2.75, 3.05) is 6.54 Å². The Balaban J connectivity index is 2.96. The van der Waals surface area contributed by atoms with Crippen molar-refractivity contribution in [2.24, 2.45) is 11.1 Å². The number of hydrogen-bond donors (Lipinski definition) is 2. The van der Waals surface area contributed by atoms with E-state index in [9.17, 15) is 14.7 Å². The number of carbonyl (C=O) groups excluding carboxylic acids is 1. The highest BCUT2D eigenvalue weighted by atomic mass is 16.4. The molecule has 0 saturated carbocycles. The molecule has 1 saturated heterocycles. The van der Waals surface area contributed by atoms with Crippen molar-refractivity contribution in [1.82, 2.24) is 4.90 Å². The second kappa shape index (κ2) is 5.04. The Morgan fingerprint density at radius 1 is 1.53 bits per heavy atom. The number of likely N-dealkylation sites (tertiary alicyclic amines) is 1. The highest BCUT2D eigenvalue weighted by Gasteiger charge is 2.45. The summed E-state index contributed by atoms with van der Waals surface area (Å²) < 4.78 is 0. The molecule has 5 heteroatoms. The molecule has 0 aromatic rings. The van der Waals surface area contributed by atoms with Crippen LogP contribution in [0.3, 0.4) is 0 Å². The topological polar surface area (TPSA) is 83.6 Å². The number of nitrogens with two attached hydrogens (primary N) is 1. The van der Waals surface area contributed by atoms with Crippen molar-refractivity contribution in [1.29, 1.82) is 0 Å². The number of nitrogens with zero attached hydrogens (tertiary/aromatic N) is 1. The van der Waals surface area contributed by atoms with E-state index >= 15 is 0 Å². The zero-order chi connectivity index (χ0) is 13.2. The van der Waals surface area contributed by atoms with Crippen LogP contribution in [0, 0.1) is 5.41 Å². The van der Waals surface area contributed by atoms with Crippen molar-refractivity contribution >= 4 is 11.9 Å². The number of hydrogen-bond acceptors (Lipinski definition) is 3. The molecule has 1 rings (SSSR count). The average Bonchev–Trinajstić information content (AvgIpc) is 2.24. The molecule has 98 valence electrons. The molecule has 0 spiro atoms. The molecule has 2 atom stereocenters. The smallest absolute Gasteiger partial charge is 0.326 e. The molecule has 0 aromatic carbocycles. The standard InChI is InChI=1S/C12H22N2O3/c1-4-8(13)10(15)14-7-5-6-12(2,3)9(14)11(16)17/h8-9H,4-7,13H2,1-3H3,(H,16,17)/t8-,9?/m1/s1. The van der Waals surface area contributed by atoms with E-state index in [-0.39, 0.29) is 5.91 Å². The summed E-state index contributed by atoms with van der Waals surface area (Å²) in [5.41, 5.74) is 5.32. The molecule has 1 unspecified atom stereocenters. The Labute approximate surface area is 102 Å². The van der Waals surface area contributed by atoms with Crippen LogP contribution in [0.15, 0.2) is 0 Å². The Bertz CT molecular complexity index is 315. The quantitative estimate of drug-likeness (QED) is 0.767. The van der Waals surface area contributed by atoms with E-state index in [1.54, 1.807) is 0 Å². The largest absolute Gasteiger partial charge is 0.480 e. The van der Waals surface area contributed by atoms with Gasteiger partial charge in [0.1, 0.15) is 6.04 Å². The number of rotatable bonds is 3. The van der Waals surface area contributed by atoms with Gasteiger partial charge in [0.05, 0.1) is 6.04 Å². The Morgan fingerprint density at radius 3 is 2.59 bits per heavy atom. The van der Waals surface area contributed by atoms with Gasteiger partial charge in [0.25, 0.3) is 0 Å². The summed E-state index contributed by atoms with van der Waals surface area (Å²) in [5, 5.41) is 9.31. The predicted octanol–water partition coefficient (Wildman–Crippen LogP) is 0.825. The molecule has 1 amide bonds. The minimum absolute atomic E-state index is 0.243. The van der Waals surface area contributed by atoms with Crippen LogP contribution in [0.2, 0.25) is 0 Å². The van der Waals surface area contributed by atoms with Gasteiger partial charge < -0.3 is 15.7 Å². The third-order valence-corrected chi connectivity index (χ3v) is 3.55. The van der Waals surface area contributed by atoms with Gasteiger partial charge in [-0.05, 0) is 24.7 Å². The third-order valence-electron chi connectivity index (χ3n) is 3.55. The predicted molar refractivity (Wildman–Crippen MR) is 64.4 cm³/mol. The van der Waals surface area contributed by atoms with E-state index in [0.717, 1.165) is 12.8 Å². The zero-order valence-electron chi connectivity index (χ0n) is 10.8. The summed E-state index contributed by atoms with van der Waals surface area (Å²) in [6.45, 7) is 6.10. The van der Waals surface area contributed by atoms with Crippen molar-refractivity contribution in [3.05, 3.63) is 0 Å². The first-order chi connectivity index (χ1) is 7.81. The van der Waals surface area contributed by atoms with Crippen LogP contribution in [0.25, 0.3) is 0 Å². The van der Waals surface area contributed by atoms with Crippen LogP contribution in [-0.4, -0.2) is 40.5 Å². The molecule has 1 fully saturated rings. The molecule has 3 N–H and O–H groups in total. The van der Waals surface area contributed by atoms with E-state index in [0.29, 0.717) is 13.0 Å². The minimum Gasteiger partial charge on any atom is -0.480 e. The lowest BCUT2D eigenvalue weighted by molar-refractivity contribution is -0.159. The van der Waals surface area contributed by atoms with Gasteiger partial charge >= 0.3 is 5.97 Å². The van der Waals surface area contributed by atoms with E-state index in [2.05, 4.69) is 0 Å². The normalized spacial score (nSPS) is 25.4. The monoisotopic (exact) mass is 242 g/mol. The molecule has 1 heterocycles. The van der Waals surface area contributed by atoms with Gasteiger partial charge in [-0.15, -0.1) is 0 Å². The Hall–Kier alpha value is -1.10. The maximum absolute atomic E-state index is 12.1. The van der Waals surface area contributed by atoms with Gasteiger partial charge in [-0.1, -0.05) is 20.8 Å². The van der Waals surface area contributed by atoms with Crippen molar-refractivity contribution in [3.63, 3.8) is 0 Å². The van der Waals surface area contributed by atoms with Crippen LogP contribution in [0.5, 0.6) is 0 Å². The molecule has 1 aliphatic rings. The number of carbonyl (C=O) groups is 2. The van der Waals surface area contributed by atoms with Crippen LogP contribution < -0.4 is 5.73 Å². The maximum Gasteiger partial charge on any atom is 0.326 e. The highest BCUT2D eigenvalue weighted by molar-refractivity contribution is 5.87. The first-order valence-corrected chi connectivity index (χ1v) is 6.10. The summed E-state index contributed by atoms with van der Waals surface area (Å²) in [7, 11) is 0. The van der Waals surface area contributed by atoms with Gasteiger partial charge in [0.15, 0.2) is 0 Å². The van der Waals surface area contributed by atoms with E-state index in [4.69, 9.17) is 5.73 Å². The highest BCUT2D eigenvalue weighted by Crippen LogP contribution is 2.35. The first-order valence-electron chi connectivity index (χ1n) is 6.10. The molecule has 0 aromatic heterocycles. The molecular weight excluding hydrogens is 220 g/mol. The summed E-state index contributed by atoms with van der Waals surface area (Å²) in [6.07, 6.45) is 2.18. The van der Waals surface area contributed by atoms with Crippen molar-refractivity contribution < 1.29 is 14.7 Å². The number of amides is 1. The summed E-state index contributed by atoms with van der Waals surface area (Å²) in [5.74, 6) is -1.18. The number of carboxylic acid groups (broad SMARTS) is 1. The summed E-state index contributed by atoms with van der Waals surface area (Å²) >= 11 is 0. The lowest BCUT2D eigenvalue weighted by Crippen LogP contribution is -2.59. The Kier molecular flexibility index (Phi) is 4.14. The van der Waals surface area contributed by atoms with Crippen LogP contribution in [-0.2, 0) is 9.59 Å². The Morgan fingerprint density at radius 2 is 2.12 bits per heavy atom. The van der Waals surface area contributed by atoms with Gasteiger partial charge in [0.2, 0.25) is 5.91 Å². The zero-order valence-corrected chi connectivity index (χ0v) is 10.8. The molecular formula is C12H22N2O3. The molecule has 5 nitrogen and oxygen atoms in total. The second-order valence-corrected chi connectivity index (χ2v) is 5.38. The maximum atomic E-state index is 12.1. The average molecular weight is 242 g/mol. The fourth-order valence-corrected chi connectivity index (χ4v) is 2.49. The third kappa shape index (κ3) is 2.77. The van der Waals surface area contributed by atoms with E-state index < -0.39 is 23.5 Å². The fraction of sp³-hybridized carbons (Fsp3) is 0.833. The summed E-state index contributed by atoms with van der Waals surface area (Å²) in [6, 6.07) is -1.35.